The fraction of sp³-hybridized carbons (Fsp3) is 0.625. The van der Waals surface area contributed by atoms with E-state index in [1.54, 1.807) is 0 Å². The zero-order chi connectivity index (χ0) is 12.8. The zero-order valence-electron chi connectivity index (χ0n) is 11.8. The predicted octanol–water partition coefficient (Wildman–Crippen LogP) is 3.07. The number of hydrogen-bond donors (Lipinski definition) is 1. The molecule has 0 amide bonds. The van der Waals surface area contributed by atoms with Crippen molar-refractivity contribution in [2.75, 3.05) is 31.1 Å². The molecule has 0 fully saturated rings. The van der Waals surface area contributed by atoms with Crippen molar-refractivity contribution in [2.45, 2.75) is 33.1 Å². The van der Waals surface area contributed by atoms with Crippen LogP contribution in [0.5, 0.6) is 0 Å². The van der Waals surface area contributed by atoms with E-state index >= 15 is 0 Å². The van der Waals surface area contributed by atoms with Crippen LogP contribution in [0, 0.1) is 5.92 Å². The molecule has 0 spiro atoms. The van der Waals surface area contributed by atoms with Crippen LogP contribution in [0.1, 0.15) is 32.3 Å². The Kier molecular flexibility index (Phi) is 5.06. The number of unbranched alkanes of at least 4 members (excludes halogenated alkanes) is 1. The van der Waals surface area contributed by atoms with Crippen molar-refractivity contribution in [1.82, 2.24) is 5.32 Å². The Morgan fingerprint density at radius 3 is 2.94 bits per heavy atom. The second-order valence-electron chi connectivity index (χ2n) is 5.49. The Balaban J connectivity index is 1.88. The van der Waals surface area contributed by atoms with Gasteiger partial charge in [0.25, 0.3) is 0 Å². The summed E-state index contributed by atoms with van der Waals surface area (Å²) in [6, 6.07) is 8.87. The highest BCUT2D eigenvalue weighted by atomic mass is 15.2. The van der Waals surface area contributed by atoms with E-state index < -0.39 is 0 Å². The summed E-state index contributed by atoms with van der Waals surface area (Å²) in [7, 11) is 0. The van der Waals surface area contributed by atoms with Crippen LogP contribution in [0.15, 0.2) is 24.3 Å². The molecule has 100 valence electrons. The summed E-state index contributed by atoms with van der Waals surface area (Å²) in [4.78, 5) is 2.54. The molecule has 0 saturated heterocycles. The summed E-state index contributed by atoms with van der Waals surface area (Å²) in [6.45, 7) is 9.18. The molecule has 1 aliphatic heterocycles. The number of hydrogen-bond acceptors (Lipinski definition) is 2. The van der Waals surface area contributed by atoms with Gasteiger partial charge in [0, 0.05) is 25.3 Å². The van der Waals surface area contributed by atoms with Crippen LogP contribution in [-0.4, -0.2) is 26.2 Å². The molecule has 1 aliphatic rings. The molecule has 18 heavy (non-hydrogen) atoms. The maximum atomic E-state index is 3.54. The molecule has 2 heteroatoms. The van der Waals surface area contributed by atoms with E-state index in [1.165, 1.54) is 37.1 Å². The number of nitrogens with zero attached hydrogens (tertiary/aromatic N) is 1. The number of benzene rings is 1. The van der Waals surface area contributed by atoms with E-state index in [1.807, 2.05) is 0 Å². The van der Waals surface area contributed by atoms with Crippen LogP contribution in [-0.2, 0) is 6.42 Å². The van der Waals surface area contributed by atoms with E-state index in [-0.39, 0.29) is 0 Å². The number of nitrogens with one attached hydrogen (secondary N) is 1. The van der Waals surface area contributed by atoms with Gasteiger partial charge in [-0.3, -0.25) is 0 Å². The highest BCUT2D eigenvalue weighted by molar-refractivity contribution is 5.55. The van der Waals surface area contributed by atoms with Gasteiger partial charge in [-0.15, -0.1) is 0 Å². The Morgan fingerprint density at radius 1 is 1.28 bits per heavy atom. The van der Waals surface area contributed by atoms with Gasteiger partial charge in [0.15, 0.2) is 0 Å². The van der Waals surface area contributed by atoms with Crippen molar-refractivity contribution in [1.29, 1.82) is 0 Å². The minimum absolute atomic E-state index is 0.774. The topological polar surface area (TPSA) is 15.3 Å². The van der Waals surface area contributed by atoms with Crippen LogP contribution in [0.25, 0.3) is 0 Å². The Morgan fingerprint density at radius 2 is 2.11 bits per heavy atom. The number of fused-ring (bicyclic) bond motifs is 1. The van der Waals surface area contributed by atoms with Crippen molar-refractivity contribution in [3.63, 3.8) is 0 Å². The highest BCUT2D eigenvalue weighted by Crippen LogP contribution is 2.28. The fourth-order valence-corrected chi connectivity index (χ4v) is 2.76. The molecule has 1 unspecified atom stereocenters. The Hall–Kier alpha value is -1.02. The van der Waals surface area contributed by atoms with Crippen LogP contribution in [0.4, 0.5) is 5.69 Å². The summed E-state index contributed by atoms with van der Waals surface area (Å²) in [5, 5.41) is 3.54. The molecule has 1 atom stereocenters. The first-order valence-electron chi connectivity index (χ1n) is 7.35. The molecule has 0 saturated carbocycles. The van der Waals surface area contributed by atoms with E-state index in [9.17, 15) is 0 Å². The third-order valence-electron chi connectivity index (χ3n) is 3.70. The summed E-state index contributed by atoms with van der Waals surface area (Å²) in [5.41, 5.74) is 2.97. The van der Waals surface area contributed by atoms with Crippen LogP contribution in [0.3, 0.4) is 0 Å². The van der Waals surface area contributed by atoms with Crippen LogP contribution < -0.4 is 10.2 Å². The summed E-state index contributed by atoms with van der Waals surface area (Å²) >= 11 is 0. The molecular weight excluding hydrogens is 220 g/mol. The van der Waals surface area contributed by atoms with Crippen molar-refractivity contribution < 1.29 is 0 Å². The van der Waals surface area contributed by atoms with Gasteiger partial charge in [0.05, 0.1) is 0 Å². The molecule has 0 bridgehead atoms. The van der Waals surface area contributed by atoms with Gasteiger partial charge in [0.2, 0.25) is 0 Å². The van der Waals surface area contributed by atoms with E-state index in [4.69, 9.17) is 0 Å². The second-order valence-corrected chi connectivity index (χ2v) is 5.49. The Labute approximate surface area is 111 Å². The quantitative estimate of drug-likeness (QED) is 0.776. The Bertz CT molecular complexity index is 362. The van der Waals surface area contributed by atoms with Gasteiger partial charge in [0.1, 0.15) is 0 Å². The lowest BCUT2D eigenvalue weighted by Crippen LogP contribution is -2.39. The molecule has 1 N–H and O–H groups in total. The smallest absolute Gasteiger partial charge is 0.0399 e. The second kappa shape index (κ2) is 6.79. The van der Waals surface area contributed by atoms with Gasteiger partial charge in [-0.25, -0.2) is 0 Å². The zero-order valence-corrected chi connectivity index (χ0v) is 11.8. The number of rotatable bonds is 6. The van der Waals surface area contributed by atoms with Gasteiger partial charge in [-0.2, -0.15) is 0 Å². The monoisotopic (exact) mass is 246 g/mol. The number of para-hydroxylation sites is 1. The largest absolute Gasteiger partial charge is 0.370 e. The maximum Gasteiger partial charge on any atom is 0.0399 e. The average Bonchev–Trinajstić information content (AvgIpc) is 2.38. The fourth-order valence-electron chi connectivity index (χ4n) is 2.76. The normalized spacial score (nSPS) is 18.8. The molecule has 2 nitrogen and oxygen atoms in total. The van der Waals surface area contributed by atoms with E-state index in [0.29, 0.717) is 0 Å². The first-order valence-corrected chi connectivity index (χ1v) is 7.35. The van der Waals surface area contributed by atoms with Crippen molar-refractivity contribution in [3.8, 4) is 0 Å². The van der Waals surface area contributed by atoms with E-state index in [0.717, 1.165) is 25.6 Å². The van der Waals surface area contributed by atoms with Crippen molar-refractivity contribution in [3.05, 3.63) is 29.8 Å². The summed E-state index contributed by atoms with van der Waals surface area (Å²) in [6.07, 6.45) is 3.79. The van der Waals surface area contributed by atoms with E-state index in [2.05, 4.69) is 48.3 Å². The third kappa shape index (κ3) is 3.49. The molecular formula is C16H26N2. The summed E-state index contributed by atoms with van der Waals surface area (Å²) in [5.74, 6) is 0.774. The lowest BCUT2D eigenvalue weighted by atomic mass is 9.94. The van der Waals surface area contributed by atoms with Crippen molar-refractivity contribution in [2.24, 2.45) is 5.92 Å². The lowest BCUT2D eigenvalue weighted by Gasteiger charge is -2.35. The minimum Gasteiger partial charge on any atom is -0.370 e. The van der Waals surface area contributed by atoms with Gasteiger partial charge in [-0.05, 0) is 36.9 Å². The minimum atomic E-state index is 0.774. The van der Waals surface area contributed by atoms with Gasteiger partial charge >= 0.3 is 0 Å². The molecule has 1 aromatic rings. The standard InChI is InChI=1S/C16H26N2/c1-3-4-9-17-10-11-18-13-14(2)12-15-7-5-6-8-16(15)18/h5-8,14,17H,3-4,9-13H2,1-2H3. The average molecular weight is 246 g/mol. The van der Waals surface area contributed by atoms with Crippen LogP contribution >= 0.6 is 0 Å². The SMILES string of the molecule is CCCCNCCN1CC(C)Cc2ccccc21. The molecule has 1 heterocycles. The molecule has 1 aromatic carbocycles. The first-order chi connectivity index (χ1) is 8.81. The molecule has 0 aromatic heterocycles. The predicted molar refractivity (Wildman–Crippen MR) is 79.3 cm³/mol. The third-order valence-corrected chi connectivity index (χ3v) is 3.70. The highest BCUT2D eigenvalue weighted by Gasteiger charge is 2.20. The van der Waals surface area contributed by atoms with Crippen LogP contribution in [0.2, 0.25) is 0 Å². The number of anilines is 1. The maximum absolute atomic E-state index is 3.54. The van der Waals surface area contributed by atoms with Gasteiger partial charge in [-0.1, -0.05) is 38.5 Å². The molecule has 0 radical (unpaired) electrons. The van der Waals surface area contributed by atoms with Gasteiger partial charge < -0.3 is 10.2 Å². The lowest BCUT2D eigenvalue weighted by molar-refractivity contribution is 0.521. The molecule has 0 aliphatic carbocycles. The van der Waals surface area contributed by atoms with Crippen molar-refractivity contribution >= 4 is 5.69 Å². The first kappa shape index (κ1) is 13.4. The summed E-state index contributed by atoms with van der Waals surface area (Å²) < 4.78 is 0. The molecule has 2 rings (SSSR count).